The van der Waals surface area contributed by atoms with Gasteiger partial charge >= 0.3 is 5.69 Å². The summed E-state index contributed by atoms with van der Waals surface area (Å²) in [5, 5.41) is 9.88. The highest BCUT2D eigenvalue weighted by Crippen LogP contribution is 2.10. The number of nitrogens with zero attached hydrogens (tertiary/aromatic N) is 4. The van der Waals surface area contributed by atoms with E-state index in [1.54, 1.807) is 7.05 Å². The van der Waals surface area contributed by atoms with E-state index >= 15 is 0 Å². The van der Waals surface area contributed by atoms with Gasteiger partial charge in [-0.2, -0.15) is 10.2 Å². The van der Waals surface area contributed by atoms with E-state index in [0.717, 1.165) is 0 Å². The predicted octanol–water partition coefficient (Wildman–Crippen LogP) is -1.07. The van der Waals surface area contributed by atoms with Crippen LogP contribution in [0.4, 0.5) is 0 Å². The van der Waals surface area contributed by atoms with Crippen LogP contribution in [0.25, 0.3) is 5.82 Å². The summed E-state index contributed by atoms with van der Waals surface area (Å²) in [6.45, 7) is 0. The van der Waals surface area contributed by atoms with Crippen molar-refractivity contribution >= 4 is 17.2 Å². The minimum absolute atomic E-state index is 0.186. The van der Waals surface area contributed by atoms with Crippen LogP contribution >= 0.6 is 12.2 Å². The van der Waals surface area contributed by atoms with Crippen LogP contribution in [0.2, 0.25) is 0 Å². The lowest BCUT2D eigenvalue weighted by atomic mass is 10.3. The van der Waals surface area contributed by atoms with Crippen LogP contribution in [0.15, 0.2) is 17.3 Å². The van der Waals surface area contributed by atoms with E-state index in [0.29, 0.717) is 11.4 Å². The van der Waals surface area contributed by atoms with Crippen molar-refractivity contribution in [2.45, 2.75) is 0 Å². The second-order valence-corrected chi connectivity index (χ2v) is 3.34. The highest BCUT2D eigenvalue weighted by Gasteiger charge is 2.14. The van der Waals surface area contributed by atoms with Crippen LogP contribution in [-0.2, 0) is 7.05 Å². The Morgan fingerprint density at radius 2 is 2.40 bits per heavy atom. The summed E-state index contributed by atoms with van der Waals surface area (Å²) in [6, 6.07) is 0. The third kappa shape index (κ3) is 1.44. The summed E-state index contributed by atoms with van der Waals surface area (Å²) >= 11 is 4.86. The van der Waals surface area contributed by atoms with E-state index in [1.807, 2.05) is 0 Å². The molecule has 0 fully saturated rings. The maximum Gasteiger partial charge on any atom is 0.348 e. The van der Waals surface area contributed by atoms with Gasteiger partial charge in [0.05, 0.1) is 11.8 Å². The summed E-state index contributed by atoms with van der Waals surface area (Å²) in [5.74, 6) is 0.501. The Morgan fingerprint density at radius 1 is 1.67 bits per heavy atom. The van der Waals surface area contributed by atoms with Crippen LogP contribution in [0, 0.1) is 0 Å². The second-order valence-electron chi connectivity index (χ2n) is 2.90. The average molecular weight is 224 g/mol. The normalized spacial score (nSPS) is 10.5. The molecular weight excluding hydrogens is 216 g/mol. The Labute approximate surface area is 89.5 Å². The van der Waals surface area contributed by atoms with E-state index in [-0.39, 0.29) is 10.7 Å². The maximum atomic E-state index is 11.4. The molecule has 0 unspecified atom stereocenters. The molecule has 0 atom stereocenters. The molecule has 0 bridgehead atoms. The van der Waals surface area contributed by atoms with E-state index in [9.17, 15) is 4.79 Å². The summed E-state index contributed by atoms with van der Waals surface area (Å²) in [6.07, 6.45) is 2.86. The third-order valence-electron chi connectivity index (χ3n) is 1.95. The van der Waals surface area contributed by atoms with E-state index in [2.05, 4.69) is 15.3 Å². The average Bonchev–Trinajstić information content (AvgIpc) is 2.71. The van der Waals surface area contributed by atoms with E-state index < -0.39 is 0 Å². The molecule has 78 valence electrons. The molecular formula is C7H8N6OS. The zero-order valence-corrected chi connectivity index (χ0v) is 8.65. The minimum atomic E-state index is -0.365. The second kappa shape index (κ2) is 3.31. The molecule has 3 N–H and O–H groups in total. The molecule has 0 amide bonds. The Kier molecular flexibility index (Phi) is 2.12. The van der Waals surface area contributed by atoms with Gasteiger partial charge in [-0.25, -0.2) is 14.5 Å². The number of hydrogen-bond acceptors (Lipinski definition) is 4. The lowest BCUT2D eigenvalue weighted by Crippen LogP contribution is -2.21. The maximum absolute atomic E-state index is 11.4. The molecule has 15 heavy (non-hydrogen) atoms. The van der Waals surface area contributed by atoms with E-state index in [4.69, 9.17) is 18.0 Å². The van der Waals surface area contributed by atoms with Gasteiger partial charge in [-0.15, -0.1) is 0 Å². The first kappa shape index (κ1) is 9.59. The molecule has 0 spiro atoms. The zero-order valence-electron chi connectivity index (χ0n) is 7.84. The number of aryl methyl sites for hydroxylation is 1. The molecule has 0 aliphatic rings. The molecule has 2 aromatic rings. The highest BCUT2D eigenvalue weighted by atomic mass is 32.1. The van der Waals surface area contributed by atoms with Crippen molar-refractivity contribution in [3.63, 3.8) is 0 Å². The number of H-pyrrole nitrogens is 1. The molecule has 0 saturated carbocycles. The van der Waals surface area contributed by atoms with Crippen molar-refractivity contribution in [3.05, 3.63) is 28.6 Å². The lowest BCUT2D eigenvalue weighted by molar-refractivity contribution is 0.721. The Hall–Kier alpha value is -1.96. The van der Waals surface area contributed by atoms with Crippen LogP contribution in [0.1, 0.15) is 5.56 Å². The molecule has 0 radical (unpaired) electrons. The van der Waals surface area contributed by atoms with Gasteiger partial charge in [-0.3, -0.25) is 4.68 Å². The van der Waals surface area contributed by atoms with Crippen LogP contribution in [-0.4, -0.2) is 29.5 Å². The van der Waals surface area contributed by atoms with Crippen LogP contribution in [0.3, 0.4) is 0 Å². The molecule has 7 nitrogen and oxygen atoms in total. The van der Waals surface area contributed by atoms with Crippen molar-refractivity contribution in [2.75, 3.05) is 0 Å². The molecule has 0 aromatic carbocycles. The number of aromatic nitrogens is 5. The van der Waals surface area contributed by atoms with Gasteiger partial charge in [0.25, 0.3) is 0 Å². The largest absolute Gasteiger partial charge is 0.389 e. The molecule has 2 heterocycles. The smallest absolute Gasteiger partial charge is 0.348 e. The molecule has 2 rings (SSSR count). The fraction of sp³-hybridized carbons (Fsp3) is 0.143. The first-order valence-corrected chi connectivity index (χ1v) is 4.46. The first-order valence-electron chi connectivity index (χ1n) is 4.05. The fourth-order valence-electron chi connectivity index (χ4n) is 1.29. The van der Waals surface area contributed by atoms with Gasteiger partial charge in [-0.05, 0) is 0 Å². The Morgan fingerprint density at radius 3 is 2.93 bits per heavy atom. The van der Waals surface area contributed by atoms with E-state index in [1.165, 1.54) is 21.8 Å². The van der Waals surface area contributed by atoms with Gasteiger partial charge in [-0.1, -0.05) is 12.2 Å². The first-order chi connectivity index (χ1) is 7.11. The molecule has 0 aliphatic heterocycles. The number of aromatic amines is 1. The SMILES string of the molecule is Cn1ncc(C(N)=S)c1-n1cn[nH]c1=O. The van der Waals surface area contributed by atoms with Gasteiger partial charge in [0, 0.05) is 7.05 Å². The van der Waals surface area contributed by atoms with Crippen molar-refractivity contribution < 1.29 is 0 Å². The minimum Gasteiger partial charge on any atom is -0.389 e. The number of nitrogens with two attached hydrogens (primary N) is 1. The van der Waals surface area contributed by atoms with Gasteiger partial charge in [0.2, 0.25) is 0 Å². The molecule has 8 heteroatoms. The Bertz CT molecular complexity index is 564. The summed E-state index contributed by atoms with van der Waals surface area (Å²) in [4.78, 5) is 11.6. The zero-order chi connectivity index (χ0) is 11.0. The van der Waals surface area contributed by atoms with Crippen LogP contribution in [0.5, 0.6) is 0 Å². The van der Waals surface area contributed by atoms with Gasteiger partial charge in [0.1, 0.15) is 11.3 Å². The monoisotopic (exact) mass is 224 g/mol. The Balaban J connectivity index is 2.72. The quantitative estimate of drug-likeness (QED) is 0.633. The fourth-order valence-corrected chi connectivity index (χ4v) is 1.43. The molecule has 0 aliphatic carbocycles. The van der Waals surface area contributed by atoms with Gasteiger partial charge < -0.3 is 5.73 Å². The topological polar surface area (TPSA) is 94.5 Å². The summed E-state index contributed by atoms with van der Waals surface area (Å²) in [5.41, 5.74) is 5.69. The summed E-state index contributed by atoms with van der Waals surface area (Å²) < 4.78 is 2.80. The van der Waals surface area contributed by atoms with Crippen molar-refractivity contribution in [1.29, 1.82) is 0 Å². The van der Waals surface area contributed by atoms with Gasteiger partial charge in [0.15, 0.2) is 5.82 Å². The highest BCUT2D eigenvalue weighted by molar-refractivity contribution is 7.80. The third-order valence-corrected chi connectivity index (χ3v) is 2.17. The molecule has 2 aromatic heterocycles. The van der Waals surface area contributed by atoms with Crippen molar-refractivity contribution in [1.82, 2.24) is 24.5 Å². The summed E-state index contributed by atoms with van der Waals surface area (Å²) in [7, 11) is 1.69. The lowest BCUT2D eigenvalue weighted by Gasteiger charge is -2.03. The molecule has 0 saturated heterocycles. The standard InChI is InChI=1S/C7H8N6OS/c1-12-6(4(2-10-12)5(8)15)13-3-9-11-7(13)14/h2-3H,1H3,(H2,8,15)(H,11,14). The number of nitrogens with one attached hydrogen (secondary N) is 1. The van der Waals surface area contributed by atoms with Crippen LogP contribution < -0.4 is 11.4 Å². The number of hydrogen-bond donors (Lipinski definition) is 2. The number of thiocarbonyl (C=S) groups is 1. The van der Waals surface area contributed by atoms with Crippen molar-refractivity contribution in [3.8, 4) is 5.82 Å². The number of rotatable bonds is 2. The van der Waals surface area contributed by atoms with Crippen molar-refractivity contribution in [2.24, 2.45) is 12.8 Å². The predicted molar refractivity (Wildman–Crippen MR) is 56.8 cm³/mol.